The fourth-order valence-electron chi connectivity index (χ4n) is 2.33. The van der Waals surface area contributed by atoms with Gasteiger partial charge < -0.3 is 5.32 Å². The van der Waals surface area contributed by atoms with Gasteiger partial charge in [-0.3, -0.25) is 4.68 Å². The average molecular weight is 344 g/mol. The summed E-state index contributed by atoms with van der Waals surface area (Å²) >= 11 is 3.72. The first-order valence-corrected chi connectivity index (χ1v) is 8.30. The molecule has 4 heteroatoms. The first-order valence-electron chi connectivity index (χ1n) is 7.51. The maximum Gasteiger partial charge on any atom is 0.0766 e. The van der Waals surface area contributed by atoms with Crippen molar-refractivity contribution in [3.63, 3.8) is 0 Å². The highest BCUT2D eigenvalue weighted by atomic mass is 79.9. The van der Waals surface area contributed by atoms with Gasteiger partial charge in [0.1, 0.15) is 0 Å². The first-order chi connectivity index (χ1) is 9.06. The number of halogens is 1. The second-order valence-corrected chi connectivity index (χ2v) is 8.25. The van der Waals surface area contributed by atoms with Crippen LogP contribution in [0.25, 0.3) is 0 Å². The quantitative estimate of drug-likeness (QED) is 0.842. The number of hydrogen-bond donors (Lipinski definition) is 1. The maximum atomic E-state index is 4.59. The number of nitrogens with zero attached hydrogens (tertiary/aromatic N) is 2. The summed E-state index contributed by atoms with van der Waals surface area (Å²) < 4.78 is 3.22. The molecule has 1 N–H and O–H groups in total. The summed E-state index contributed by atoms with van der Waals surface area (Å²) in [6, 6.07) is 0. The third-order valence-electron chi connectivity index (χ3n) is 3.61. The van der Waals surface area contributed by atoms with Crippen LogP contribution < -0.4 is 5.32 Å². The highest BCUT2D eigenvalue weighted by molar-refractivity contribution is 9.10. The van der Waals surface area contributed by atoms with Crippen molar-refractivity contribution in [2.75, 3.05) is 6.54 Å². The molecule has 0 fully saturated rings. The number of hydrogen-bond acceptors (Lipinski definition) is 2. The van der Waals surface area contributed by atoms with Crippen molar-refractivity contribution in [1.29, 1.82) is 0 Å². The van der Waals surface area contributed by atoms with E-state index in [9.17, 15) is 0 Å². The van der Waals surface area contributed by atoms with Gasteiger partial charge in [0.05, 0.1) is 15.9 Å². The second kappa shape index (κ2) is 6.61. The second-order valence-electron chi connectivity index (χ2n) is 7.45. The molecule has 0 aliphatic rings. The molecule has 1 heterocycles. The minimum Gasteiger partial charge on any atom is -0.312 e. The van der Waals surface area contributed by atoms with Crippen LogP contribution in [0.15, 0.2) is 4.47 Å². The molecule has 0 unspecified atom stereocenters. The number of aromatic nitrogens is 2. The summed E-state index contributed by atoms with van der Waals surface area (Å²) in [4.78, 5) is 0. The zero-order chi connectivity index (χ0) is 15.6. The number of aryl methyl sites for hydroxylation is 2. The Labute approximate surface area is 132 Å². The summed E-state index contributed by atoms with van der Waals surface area (Å²) in [6.45, 7) is 14.5. The Morgan fingerprint density at radius 1 is 1.20 bits per heavy atom. The Bertz CT molecular complexity index is 441. The van der Waals surface area contributed by atoms with Gasteiger partial charge >= 0.3 is 0 Å². The molecule has 0 atom stereocenters. The molecular formula is C16H30BrN3. The van der Waals surface area contributed by atoms with Gasteiger partial charge in [-0.25, -0.2) is 0 Å². The van der Waals surface area contributed by atoms with E-state index in [0.717, 1.165) is 31.5 Å². The largest absolute Gasteiger partial charge is 0.312 e. The van der Waals surface area contributed by atoms with Crippen LogP contribution in [0, 0.1) is 5.41 Å². The Morgan fingerprint density at radius 2 is 1.80 bits per heavy atom. The van der Waals surface area contributed by atoms with Crippen LogP contribution in [0.1, 0.15) is 59.4 Å². The molecule has 0 saturated heterocycles. The Kier molecular flexibility index (Phi) is 5.85. The van der Waals surface area contributed by atoms with Crippen LogP contribution in [0.4, 0.5) is 0 Å². The molecule has 1 rings (SSSR count). The van der Waals surface area contributed by atoms with Gasteiger partial charge in [0.15, 0.2) is 0 Å². The molecule has 116 valence electrons. The van der Waals surface area contributed by atoms with Gasteiger partial charge in [-0.2, -0.15) is 5.10 Å². The maximum absolute atomic E-state index is 4.59. The van der Waals surface area contributed by atoms with E-state index in [2.05, 4.69) is 67.9 Å². The lowest BCUT2D eigenvalue weighted by Gasteiger charge is -2.28. The Hall–Kier alpha value is -0.350. The van der Waals surface area contributed by atoms with Gasteiger partial charge in [0.25, 0.3) is 0 Å². The monoisotopic (exact) mass is 343 g/mol. The molecule has 0 bridgehead atoms. The predicted octanol–water partition coefficient (Wildman–Crippen LogP) is 4.09. The highest BCUT2D eigenvalue weighted by Gasteiger charge is 2.24. The third-order valence-corrected chi connectivity index (χ3v) is 4.52. The molecule has 0 aliphatic heterocycles. The fourth-order valence-corrected chi connectivity index (χ4v) is 3.09. The molecule has 0 spiro atoms. The van der Waals surface area contributed by atoms with Gasteiger partial charge in [-0.1, -0.05) is 20.8 Å². The molecule has 1 aromatic rings. The molecule has 0 amide bonds. The molecule has 1 aromatic heterocycles. The summed E-state index contributed by atoms with van der Waals surface area (Å²) in [5.41, 5.74) is 2.92. The molecule has 0 radical (unpaired) electrons. The van der Waals surface area contributed by atoms with Gasteiger partial charge in [0.2, 0.25) is 0 Å². The van der Waals surface area contributed by atoms with Crippen LogP contribution in [-0.4, -0.2) is 21.9 Å². The number of nitrogens with one attached hydrogen (secondary N) is 1. The van der Waals surface area contributed by atoms with E-state index in [1.54, 1.807) is 0 Å². The van der Waals surface area contributed by atoms with Gasteiger partial charge in [-0.05, 0) is 67.9 Å². The Morgan fingerprint density at radius 3 is 2.25 bits per heavy atom. The molecule has 3 nitrogen and oxygen atoms in total. The van der Waals surface area contributed by atoms with Crippen LogP contribution in [0.3, 0.4) is 0 Å². The van der Waals surface area contributed by atoms with Crippen molar-refractivity contribution in [2.24, 2.45) is 12.5 Å². The topological polar surface area (TPSA) is 29.9 Å². The lowest BCUT2D eigenvalue weighted by Crippen LogP contribution is -2.38. The smallest absolute Gasteiger partial charge is 0.0766 e. The number of rotatable bonds is 6. The van der Waals surface area contributed by atoms with E-state index in [-0.39, 0.29) is 11.0 Å². The average Bonchev–Trinajstić information content (AvgIpc) is 2.54. The molecule has 0 saturated carbocycles. The molecule has 0 aromatic carbocycles. The Balaban J connectivity index is 2.69. The van der Waals surface area contributed by atoms with E-state index < -0.39 is 0 Å². The third kappa shape index (κ3) is 5.21. The van der Waals surface area contributed by atoms with Crippen molar-refractivity contribution in [3.05, 3.63) is 15.9 Å². The van der Waals surface area contributed by atoms with Crippen molar-refractivity contribution in [3.8, 4) is 0 Å². The predicted molar refractivity (Wildman–Crippen MR) is 90.1 cm³/mol. The molecular weight excluding hydrogens is 314 g/mol. The van der Waals surface area contributed by atoms with E-state index >= 15 is 0 Å². The highest BCUT2D eigenvalue weighted by Crippen LogP contribution is 2.31. The summed E-state index contributed by atoms with van der Waals surface area (Å²) in [5.74, 6) is 0. The fraction of sp³-hybridized carbons (Fsp3) is 0.812. The van der Waals surface area contributed by atoms with Crippen molar-refractivity contribution in [2.45, 2.75) is 66.3 Å². The zero-order valence-corrected chi connectivity index (χ0v) is 15.7. The summed E-state index contributed by atoms with van der Waals surface area (Å²) in [7, 11) is 2.04. The standard InChI is InChI=1S/C16H30BrN3/c1-8-12-14(17)13(20(7)19-12)11-16(5,6)9-10-18-15(2,3)4/h18H,8-11H2,1-7H3. The summed E-state index contributed by atoms with van der Waals surface area (Å²) in [5, 5.41) is 8.16. The van der Waals surface area contributed by atoms with Crippen LogP contribution in [0.2, 0.25) is 0 Å². The van der Waals surface area contributed by atoms with E-state index in [1.807, 2.05) is 11.7 Å². The summed E-state index contributed by atoms with van der Waals surface area (Å²) in [6.07, 6.45) is 3.17. The SMILES string of the molecule is CCc1nn(C)c(CC(C)(C)CCNC(C)(C)C)c1Br. The normalized spacial score (nSPS) is 13.0. The van der Waals surface area contributed by atoms with E-state index in [1.165, 1.54) is 10.2 Å². The van der Waals surface area contributed by atoms with Gasteiger partial charge in [0, 0.05) is 12.6 Å². The van der Waals surface area contributed by atoms with E-state index in [4.69, 9.17) is 0 Å². The minimum atomic E-state index is 0.193. The molecule has 20 heavy (non-hydrogen) atoms. The lowest BCUT2D eigenvalue weighted by molar-refractivity contribution is 0.296. The van der Waals surface area contributed by atoms with E-state index in [0.29, 0.717) is 0 Å². The van der Waals surface area contributed by atoms with Crippen molar-refractivity contribution in [1.82, 2.24) is 15.1 Å². The van der Waals surface area contributed by atoms with Gasteiger partial charge in [-0.15, -0.1) is 0 Å². The van der Waals surface area contributed by atoms with Crippen LogP contribution in [-0.2, 0) is 19.9 Å². The lowest BCUT2D eigenvalue weighted by atomic mass is 9.84. The molecule has 0 aliphatic carbocycles. The van der Waals surface area contributed by atoms with Crippen molar-refractivity contribution >= 4 is 15.9 Å². The first kappa shape index (κ1) is 17.7. The van der Waals surface area contributed by atoms with Crippen LogP contribution >= 0.6 is 15.9 Å². The van der Waals surface area contributed by atoms with Crippen molar-refractivity contribution < 1.29 is 0 Å². The zero-order valence-electron chi connectivity index (χ0n) is 14.1. The van der Waals surface area contributed by atoms with Crippen LogP contribution in [0.5, 0.6) is 0 Å². The minimum absolute atomic E-state index is 0.193.